The monoisotopic (exact) mass is 210 g/mol. The van der Waals surface area contributed by atoms with Crippen LogP contribution in [0, 0.1) is 11.8 Å². The molecule has 0 amide bonds. The number of hydrogen-bond acceptors (Lipinski definition) is 1. The summed E-state index contributed by atoms with van der Waals surface area (Å²) in [5.74, 6) is 1.42. The molecule has 2 unspecified atom stereocenters. The molecule has 2 rings (SSSR count). The van der Waals surface area contributed by atoms with Crippen molar-refractivity contribution in [1.29, 1.82) is 0 Å². The molecule has 0 heterocycles. The van der Waals surface area contributed by atoms with Gasteiger partial charge in [-0.2, -0.15) is 0 Å². The summed E-state index contributed by atoms with van der Waals surface area (Å²) in [6, 6.07) is 0. The van der Waals surface area contributed by atoms with E-state index in [-0.39, 0.29) is 5.60 Å². The van der Waals surface area contributed by atoms with Crippen molar-refractivity contribution < 1.29 is 5.11 Å². The lowest BCUT2D eigenvalue weighted by Crippen LogP contribution is -2.43. The lowest BCUT2D eigenvalue weighted by Gasteiger charge is -2.44. The Bertz CT molecular complexity index is 196. The van der Waals surface area contributed by atoms with Gasteiger partial charge in [-0.25, -0.2) is 0 Å². The van der Waals surface area contributed by atoms with E-state index >= 15 is 0 Å². The molecule has 0 aliphatic heterocycles. The Labute approximate surface area is 94.3 Å². The second-order valence-electron chi connectivity index (χ2n) is 5.81. The van der Waals surface area contributed by atoms with E-state index in [0.717, 1.165) is 18.8 Å². The summed E-state index contributed by atoms with van der Waals surface area (Å²) < 4.78 is 0. The molecular formula is C14H26O. The average molecular weight is 210 g/mol. The van der Waals surface area contributed by atoms with Gasteiger partial charge in [0, 0.05) is 0 Å². The number of rotatable bonds is 2. The highest BCUT2D eigenvalue weighted by atomic mass is 16.3. The standard InChI is InChI=1S/C14H26O/c1-2-12-7-6-10-14(15,11-12)13-8-4-3-5-9-13/h12-13,15H,2-11H2,1H3. The fraction of sp³-hybridized carbons (Fsp3) is 1.00. The third-order valence-electron chi connectivity index (χ3n) is 4.81. The van der Waals surface area contributed by atoms with Crippen LogP contribution >= 0.6 is 0 Å². The van der Waals surface area contributed by atoms with E-state index in [1.165, 1.54) is 51.4 Å². The lowest BCUT2D eigenvalue weighted by molar-refractivity contribution is -0.0763. The van der Waals surface area contributed by atoms with E-state index in [4.69, 9.17) is 0 Å². The summed E-state index contributed by atoms with van der Waals surface area (Å²) in [5.41, 5.74) is -0.278. The van der Waals surface area contributed by atoms with Gasteiger partial charge in [-0.1, -0.05) is 45.4 Å². The van der Waals surface area contributed by atoms with Crippen LogP contribution in [0.1, 0.15) is 71.1 Å². The van der Waals surface area contributed by atoms with Gasteiger partial charge in [0.15, 0.2) is 0 Å². The zero-order chi connectivity index (χ0) is 10.7. The minimum atomic E-state index is -0.278. The van der Waals surface area contributed by atoms with Crippen LogP contribution in [-0.2, 0) is 0 Å². The Morgan fingerprint density at radius 3 is 2.47 bits per heavy atom. The van der Waals surface area contributed by atoms with Gasteiger partial charge in [0.05, 0.1) is 5.60 Å². The van der Waals surface area contributed by atoms with Gasteiger partial charge in [-0.3, -0.25) is 0 Å². The van der Waals surface area contributed by atoms with E-state index in [0.29, 0.717) is 5.92 Å². The van der Waals surface area contributed by atoms with Crippen LogP contribution in [0.3, 0.4) is 0 Å². The van der Waals surface area contributed by atoms with Crippen LogP contribution in [0.25, 0.3) is 0 Å². The summed E-state index contributed by atoms with van der Waals surface area (Å²) in [6.07, 6.45) is 12.7. The molecule has 1 heteroatoms. The Kier molecular flexibility index (Phi) is 3.71. The maximum atomic E-state index is 10.8. The lowest BCUT2D eigenvalue weighted by atomic mass is 9.67. The minimum absolute atomic E-state index is 0.278. The molecule has 0 bridgehead atoms. The maximum Gasteiger partial charge on any atom is 0.0678 e. The Morgan fingerprint density at radius 2 is 1.80 bits per heavy atom. The molecule has 2 saturated carbocycles. The minimum Gasteiger partial charge on any atom is -0.390 e. The van der Waals surface area contributed by atoms with Gasteiger partial charge in [-0.05, 0) is 37.5 Å². The molecule has 2 aliphatic rings. The Balaban J connectivity index is 1.97. The van der Waals surface area contributed by atoms with E-state index in [9.17, 15) is 5.11 Å². The van der Waals surface area contributed by atoms with Crippen LogP contribution in [0.4, 0.5) is 0 Å². The van der Waals surface area contributed by atoms with Gasteiger partial charge < -0.3 is 5.11 Å². The van der Waals surface area contributed by atoms with Gasteiger partial charge in [0.2, 0.25) is 0 Å². The van der Waals surface area contributed by atoms with E-state index in [1.54, 1.807) is 0 Å². The van der Waals surface area contributed by atoms with E-state index in [2.05, 4.69) is 6.92 Å². The zero-order valence-electron chi connectivity index (χ0n) is 10.2. The zero-order valence-corrected chi connectivity index (χ0v) is 10.2. The molecule has 1 N–H and O–H groups in total. The molecule has 2 atom stereocenters. The molecule has 0 saturated heterocycles. The van der Waals surface area contributed by atoms with Crippen LogP contribution in [0.2, 0.25) is 0 Å². The first-order valence-electron chi connectivity index (χ1n) is 6.97. The second kappa shape index (κ2) is 4.86. The Morgan fingerprint density at radius 1 is 1.07 bits per heavy atom. The van der Waals surface area contributed by atoms with Crippen molar-refractivity contribution >= 4 is 0 Å². The third-order valence-corrected chi connectivity index (χ3v) is 4.81. The third kappa shape index (κ3) is 2.55. The van der Waals surface area contributed by atoms with E-state index < -0.39 is 0 Å². The average Bonchev–Trinajstić information content (AvgIpc) is 2.30. The van der Waals surface area contributed by atoms with Crippen LogP contribution in [0.5, 0.6) is 0 Å². The van der Waals surface area contributed by atoms with Crippen LogP contribution < -0.4 is 0 Å². The Hall–Kier alpha value is -0.0400. The summed E-state index contributed by atoms with van der Waals surface area (Å²) in [4.78, 5) is 0. The van der Waals surface area contributed by atoms with Crippen molar-refractivity contribution in [3.63, 3.8) is 0 Å². The first kappa shape index (κ1) is 11.4. The largest absolute Gasteiger partial charge is 0.390 e. The first-order valence-corrected chi connectivity index (χ1v) is 6.97. The summed E-state index contributed by atoms with van der Waals surface area (Å²) in [7, 11) is 0. The van der Waals surface area contributed by atoms with Crippen molar-refractivity contribution in [2.24, 2.45) is 11.8 Å². The molecule has 15 heavy (non-hydrogen) atoms. The van der Waals surface area contributed by atoms with Crippen molar-refractivity contribution in [2.45, 2.75) is 76.7 Å². The fourth-order valence-corrected chi connectivity index (χ4v) is 3.76. The topological polar surface area (TPSA) is 20.2 Å². The summed E-state index contributed by atoms with van der Waals surface area (Å²) in [5, 5.41) is 10.8. The maximum absolute atomic E-state index is 10.8. The molecule has 0 aromatic carbocycles. The molecule has 0 spiro atoms. The molecule has 1 nitrogen and oxygen atoms in total. The van der Waals surface area contributed by atoms with Crippen molar-refractivity contribution in [2.75, 3.05) is 0 Å². The molecule has 88 valence electrons. The molecule has 2 fully saturated rings. The SMILES string of the molecule is CCC1CCCC(O)(C2CCCCC2)C1. The first-order chi connectivity index (χ1) is 7.24. The van der Waals surface area contributed by atoms with Crippen LogP contribution in [0.15, 0.2) is 0 Å². The highest BCUT2D eigenvalue weighted by Gasteiger charge is 2.40. The molecule has 2 aliphatic carbocycles. The molecule has 0 aromatic rings. The molecule has 0 radical (unpaired) electrons. The highest BCUT2D eigenvalue weighted by Crippen LogP contribution is 2.44. The van der Waals surface area contributed by atoms with Gasteiger partial charge in [0.1, 0.15) is 0 Å². The van der Waals surface area contributed by atoms with Crippen molar-refractivity contribution in [1.82, 2.24) is 0 Å². The smallest absolute Gasteiger partial charge is 0.0678 e. The number of hydrogen-bond donors (Lipinski definition) is 1. The quantitative estimate of drug-likeness (QED) is 0.733. The molecular weight excluding hydrogens is 184 g/mol. The van der Waals surface area contributed by atoms with Crippen molar-refractivity contribution in [3.8, 4) is 0 Å². The van der Waals surface area contributed by atoms with Crippen molar-refractivity contribution in [3.05, 3.63) is 0 Å². The van der Waals surface area contributed by atoms with Gasteiger partial charge in [-0.15, -0.1) is 0 Å². The normalized spacial score (nSPS) is 39.2. The second-order valence-corrected chi connectivity index (χ2v) is 5.81. The van der Waals surface area contributed by atoms with Crippen LogP contribution in [-0.4, -0.2) is 10.7 Å². The highest BCUT2D eigenvalue weighted by molar-refractivity contribution is 4.92. The number of aliphatic hydroxyl groups is 1. The van der Waals surface area contributed by atoms with Gasteiger partial charge >= 0.3 is 0 Å². The van der Waals surface area contributed by atoms with E-state index in [1.807, 2.05) is 0 Å². The molecule has 0 aromatic heterocycles. The predicted molar refractivity (Wildman–Crippen MR) is 63.8 cm³/mol. The van der Waals surface area contributed by atoms with Gasteiger partial charge in [0.25, 0.3) is 0 Å². The predicted octanol–water partition coefficient (Wildman–Crippen LogP) is 3.90. The summed E-state index contributed by atoms with van der Waals surface area (Å²) in [6.45, 7) is 2.28. The fourth-order valence-electron chi connectivity index (χ4n) is 3.76. The summed E-state index contributed by atoms with van der Waals surface area (Å²) >= 11 is 0.